The van der Waals surface area contributed by atoms with Crippen molar-refractivity contribution in [3.05, 3.63) is 69.8 Å². The number of ether oxygens (including phenoxy) is 1. The molecular formula is C22H25BCl2N2NaO. The second-order valence-corrected chi connectivity index (χ2v) is 7.04. The molecule has 3 heterocycles. The molecule has 2 aromatic rings. The van der Waals surface area contributed by atoms with Crippen LogP contribution in [0.5, 0.6) is 0 Å². The van der Waals surface area contributed by atoms with E-state index in [2.05, 4.69) is 22.1 Å². The van der Waals surface area contributed by atoms with E-state index in [0.717, 1.165) is 26.3 Å². The Balaban J connectivity index is 0.000000424. The van der Waals surface area contributed by atoms with Crippen LogP contribution >= 0.6 is 23.2 Å². The van der Waals surface area contributed by atoms with Gasteiger partial charge in [-0.3, -0.25) is 9.98 Å². The van der Waals surface area contributed by atoms with E-state index in [9.17, 15) is 0 Å². The molecule has 0 bridgehead atoms. The fourth-order valence-corrected chi connectivity index (χ4v) is 3.62. The summed E-state index contributed by atoms with van der Waals surface area (Å²) in [4.78, 5) is 8.35. The van der Waals surface area contributed by atoms with Crippen molar-refractivity contribution in [1.29, 1.82) is 0 Å². The number of fused-ring (bicyclic) bond motifs is 2. The van der Waals surface area contributed by atoms with E-state index in [-0.39, 0.29) is 39.4 Å². The van der Waals surface area contributed by atoms with Crippen molar-refractivity contribution >= 4 is 44.0 Å². The fourth-order valence-electron chi connectivity index (χ4n) is 3.15. The molecule has 0 unspecified atom stereocenters. The minimum absolute atomic E-state index is 0. The van der Waals surface area contributed by atoms with Crippen LogP contribution in [0.4, 0.5) is 0 Å². The Morgan fingerprint density at radius 3 is 1.59 bits per heavy atom. The number of aliphatic imine (C=N–C) groups is 2. The fraction of sp³-hybridized carbons (Fsp3) is 0.364. The molecule has 1 fully saturated rings. The Kier molecular flexibility index (Phi) is 13.1. The van der Waals surface area contributed by atoms with Crippen molar-refractivity contribution in [3.63, 3.8) is 0 Å². The second kappa shape index (κ2) is 14.4. The summed E-state index contributed by atoms with van der Waals surface area (Å²) < 4.78 is 4.94. The first-order chi connectivity index (χ1) is 13.3. The quantitative estimate of drug-likeness (QED) is 0.524. The molecule has 2 aromatic carbocycles. The molecule has 29 heavy (non-hydrogen) atoms. The van der Waals surface area contributed by atoms with Gasteiger partial charge in [-0.25, -0.2) is 0 Å². The summed E-state index contributed by atoms with van der Waals surface area (Å²) >= 11 is 11.5. The van der Waals surface area contributed by atoms with Gasteiger partial charge in [-0.05, 0) is 35.1 Å². The average Bonchev–Trinajstić information content (AvgIpc) is 3.50. The normalized spacial score (nSPS) is 14.4. The topological polar surface area (TPSA) is 34.0 Å². The summed E-state index contributed by atoms with van der Waals surface area (Å²) in [6.07, 6.45) is 6.38. The third kappa shape index (κ3) is 7.54. The number of hydrogen-bond acceptors (Lipinski definition) is 3. The van der Waals surface area contributed by atoms with Gasteiger partial charge in [0, 0.05) is 56.9 Å². The van der Waals surface area contributed by atoms with Gasteiger partial charge in [0.15, 0.2) is 0 Å². The van der Waals surface area contributed by atoms with Crippen molar-refractivity contribution in [1.82, 2.24) is 0 Å². The summed E-state index contributed by atoms with van der Waals surface area (Å²) in [6.45, 7) is 3.64. The molecule has 0 aromatic heterocycles. The van der Waals surface area contributed by atoms with Crippen molar-refractivity contribution in [2.75, 3.05) is 13.2 Å². The molecule has 3 aliphatic heterocycles. The van der Waals surface area contributed by atoms with E-state index in [0.29, 0.717) is 11.8 Å². The van der Waals surface area contributed by atoms with Crippen LogP contribution in [0.15, 0.2) is 46.4 Å². The van der Waals surface area contributed by atoms with Crippen LogP contribution in [0.2, 0.25) is 0 Å². The molecule has 0 amide bonds. The maximum absolute atomic E-state index is 5.75. The summed E-state index contributed by atoms with van der Waals surface area (Å²) in [5.74, 6) is 1.16. The largest absolute Gasteiger partial charge is 1.00 e. The SMILES string of the molecule is C1CCOC1.ClCc1cccc2c1C=NC2.ClCc1cccc2c1C=NC2.[B].[H-].[Na+]. The van der Waals surface area contributed by atoms with Crippen LogP contribution in [-0.4, -0.2) is 34.1 Å². The van der Waals surface area contributed by atoms with Crippen molar-refractivity contribution < 1.29 is 35.7 Å². The van der Waals surface area contributed by atoms with E-state index in [1.165, 1.54) is 46.2 Å². The van der Waals surface area contributed by atoms with Crippen LogP contribution in [0, 0.1) is 0 Å². The molecule has 3 radical (unpaired) electrons. The molecule has 0 spiro atoms. The molecule has 147 valence electrons. The van der Waals surface area contributed by atoms with Crippen LogP contribution < -0.4 is 29.6 Å². The Bertz CT molecular complexity index is 762. The number of alkyl halides is 2. The minimum atomic E-state index is 0. The number of benzene rings is 2. The number of halogens is 2. The molecular weight excluding hydrogens is 413 g/mol. The molecule has 0 atom stereocenters. The van der Waals surface area contributed by atoms with E-state index in [4.69, 9.17) is 27.9 Å². The van der Waals surface area contributed by atoms with Crippen LogP contribution in [0.25, 0.3) is 0 Å². The Hall–Kier alpha value is -0.615. The number of nitrogens with zero attached hydrogens (tertiary/aromatic N) is 2. The zero-order valence-corrected chi connectivity index (χ0v) is 20.4. The third-order valence-electron chi connectivity index (χ3n) is 4.65. The minimum Gasteiger partial charge on any atom is -1.00 e. The summed E-state index contributed by atoms with van der Waals surface area (Å²) in [5, 5.41) is 0. The van der Waals surface area contributed by atoms with Gasteiger partial charge in [-0.1, -0.05) is 36.4 Å². The molecule has 1 saturated heterocycles. The number of hydrogen-bond donors (Lipinski definition) is 0. The molecule has 0 N–H and O–H groups in total. The first-order valence-corrected chi connectivity index (χ1v) is 10.3. The number of rotatable bonds is 2. The van der Waals surface area contributed by atoms with Crippen LogP contribution in [-0.2, 0) is 29.6 Å². The standard InChI is InChI=1S/2C9H8ClN.C4H8O.B.Na.H/c2*10-4-7-2-1-3-8-5-11-6-9(7)8;1-2-4-5-3-1;;;/h2*1-3,6H,4-5H2;1-4H2;;;/q;;;;+1;-1. The third-order valence-corrected chi connectivity index (χ3v) is 5.23. The molecule has 3 nitrogen and oxygen atoms in total. The van der Waals surface area contributed by atoms with Crippen molar-refractivity contribution in [2.45, 2.75) is 37.7 Å². The smallest absolute Gasteiger partial charge is 1.00 e. The van der Waals surface area contributed by atoms with E-state index < -0.39 is 0 Å². The van der Waals surface area contributed by atoms with Gasteiger partial charge in [0.25, 0.3) is 0 Å². The van der Waals surface area contributed by atoms with Gasteiger partial charge in [0.1, 0.15) is 0 Å². The van der Waals surface area contributed by atoms with Crippen LogP contribution in [0.3, 0.4) is 0 Å². The molecule has 0 saturated carbocycles. The van der Waals surface area contributed by atoms with Crippen molar-refractivity contribution in [3.8, 4) is 0 Å². The Labute approximate surface area is 209 Å². The van der Waals surface area contributed by atoms with Gasteiger partial charge >= 0.3 is 29.6 Å². The van der Waals surface area contributed by atoms with Gasteiger partial charge in [-0.15, -0.1) is 23.2 Å². The first-order valence-electron chi connectivity index (χ1n) is 9.24. The van der Waals surface area contributed by atoms with Gasteiger partial charge < -0.3 is 6.16 Å². The summed E-state index contributed by atoms with van der Waals surface area (Å²) in [5.41, 5.74) is 7.41. The average molecular weight is 438 g/mol. The molecule has 3 aliphatic rings. The zero-order chi connectivity index (χ0) is 18.9. The Morgan fingerprint density at radius 1 is 0.793 bits per heavy atom. The van der Waals surface area contributed by atoms with Crippen molar-refractivity contribution in [2.24, 2.45) is 9.98 Å². The second-order valence-electron chi connectivity index (χ2n) is 6.51. The first kappa shape index (κ1) is 26.4. The zero-order valence-electron chi connectivity index (χ0n) is 17.9. The maximum Gasteiger partial charge on any atom is 1.00 e. The van der Waals surface area contributed by atoms with Gasteiger partial charge in [0.2, 0.25) is 0 Å². The van der Waals surface area contributed by atoms with E-state index in [1.807, 2.05) is 36.7 Å². The predicted molar refractivity (Wildman–Crippen MR) is 122 cm³/mol. The monoisotopic (exact) mass is 437 g/mol. The Morgan fingerprint density at radius 2 is 1.24 bits per heavy atom. The summed E-state index contributed by atoms with van der Waals surface area (Å²) in [7, 11) is 0. The van der Waals surface area contributed by atoms with Crippen LogP contribution in [0.1, 0.15) is 47.6 Å². The molecule has 7 heteroatoms. The predicted octanol–water partition coefficient (Wildman–Crippen LogP) is 2.25. The maximum atomic E-state index is 5.75. The molecule has 0 aliphatic carbocycles. The van der Waals surface area contributed by atoms with E-state index >= 15 is 0 Å². The van der Waals surface area contributed by atoms with Gasteiger partial charge in [-0.2, -0.15) is 0 Å². The summed E-state index contributed by atoms with van der Waals surface area (Å²) in [6, 6.07) is 12.3. The van der Waals surface area contributed by atoms with Gasteiger partial charge in [0.05, 0.1) is 13.1 Å². The molecule has 5 rings (SSSR count). The van der Waals surface area contributed by atoms with E-state index in [1.54, 1.807) is 0 Å².